The molecule has 5 rings (SSSR count). The van der Waals surface area contributed by atoms with Crippen molar-refractivity contribution in [3.05, 3.63) is 59.2 Å². The highest BCUT2D eigenvalue weighted by atomic mass is 19.3. The lowest BCUT2D eigenvalue weighted by atomic mass is 9.68. The average molecular weight is 621 g/mol. The van der Waals surface area contributed by atoms with Gasteiger partial charge in [0.25, 0.3) is 0 Å². The van der Waals surface area contributed by atoms with Gasteiger partial charge >= 0.3 is 6.11 Å². The van der Waals surface area contributed by atoms with E-state index in [4.69, 9.17) is 4.74 Å². The second kappa shape index (κ2) is 15.3. The van der Waals surface area contributed by atoms with Gasteiger partial charge in [0.15, 0.2) is 11.6 Å². The van der Waals surface area contributed by atoms with Crippen molar-refractivity contribution in [1.82, 2.24) is 0 Å². The molecule has 0 saturated heterocycles. The molecule has 2 aromatic carbocycles. The Morgan fingerprint density at radius 2 is 1.39 bits per heavy atom. The van der Waals surface area contributed by atoms with E-state index in [1.807, 2.05) is 12.1 Å². The summed E-state index contributed by atoms with van der Waals surface area (Å²) < 4.78 is 81.0. The van der Waals surface area contributed by atoms with Gasteiger partial charge < -0.3 is 9.47 Å². The van der Waals surface area contributed by atoms with Crippen LogP contribution in [0.4, 0.5) is 22.0 Å². The molecule has 0 aromatic heterocycles. The number of ether oxygens (including phenoxy) is 2. The first-order valence-corrected chi connectivity index (χ1v) is 17.1. The van der Waals surface area contributed by atoms with Crippen molar-refractivity contribution < 1.29 is 31.4 Å². The van der Waals surface area contributed by atoms with Gasteiger partial charge in [0, 0.05) is 6.07 Å². The Morgan fingerprint density at radius 1 is 0.727 bits per heavy atom. The summed E-state index contributed by atoms with van der Waals surface area (Å²) >= 11 is 0. The molecule has 0 heterocycles. The van der Waals surface area contributed by atoms with E-state index in [1.54, 1.807) is 0 Å². The number of hydrogen-bond acceptors (Lipinski definition) is 2. The van der Waals surface area contributed by atoms with Crippen molar-refractivity contribution in [2.24, 2.45) is 23.7 Å². The predicted octanol–water partition coefficient (Wildman–Crippen LogP) is 11.9. The average Bonchev–Trinajstić information content (AvgIpc) is 3.03. The van der Waals surface area contributed by atoms with Gasteiger partial charge in [0.1, 0.15) is 11.6 Å². The van der Waals surface area contributed by atoms with E-state index in [1.165, 1.54) is 57.4 Å². The van der Waals surface area contributed by atoms with Crippen molar-refractivity contribution in [1.29, 1.82) is 0 Å². The van der Waals surface area contributed by atoms with Gasteiger partial charge in [-0.3, -0.25) is 0 Å². The SMILES string of the molecule is CCCCCC1CCC(c2ccc(C3CCC(C4CCC(C(F)(F)Oc5ccc(OCF)c(F)c5)CC4)CC3)c(F)c2)CC1. The van der Waals surface area contributed by atoms with Crippen LogP contribution in [0.1, 0.15) is 133 Å². The van der Waals surface area contributed by atoms with Gasteiger partial charge in [-0.1, -0.05) is 44.7 Å². The smallest absolute Gasteiger partial charge is 0.400 e. The third-order valence-corrected chi connectivity index (χ3v) is 11.1. The van der Waals surface area contributed by atoms with E-state index in [2.05, 4.69) is 17.7 Å². The summed E-state index contributed by atoms with van der Waals surface area (Å²) in [7, 11) is 0. The molecule has 0 aliphatic heterocycles. The summed E-state index contributed by atoms with van der Waals surface area (Å²) in [6.45, 7) is 1.04. The van der Waals surface area contributed by atoms with Crippen molar-refractivity contribution in [2.75, 3.05) is 6.86 Å². The van der Waals surface area contributed by atoms with Crippen molar-refractivity contribution >= 4 is 0 Å². The van der Waals surface area contributed by atoms with Crippen LogP contribution in [-0.2, 0) is 0 Å². The summed E-state index contributed by atoms with van der Waals surface area (Å²) in [5, 5.41) is 0. The molecule has 3 fully saturated rings. The first-order valence-electron chi connectivity index (χ1n) is 17.1. The van der Waals surface area contributed by atoms with E-state index in [-0.39, 0.29) is 23.2 Å². The summed E-state index contributed by atoms with van der Waals surface area (Å²) in [5.41, 5.74) is 2.01. The number of alkyl halides is 3. The van der Waals surface area contributed by atoms with Crippen LogP contribution in [0.3, 0.4) is 0 Å². The highest BCUT2D eigenvalue weighted by Crippen LogP contribution is 2.48. The summed E-state index contributed by atoms with van der Waals surface area (Å²) in [6, 6.07) is 9.10. The van der Waals surface area contributed by atoms with E-state index in [0.717, 1.165) is 54.9 Å². The fraction of sp³-hybridized carbons (Fsp3) is 0.676. The highest BCUT2D eigenvalue weighted by Gasteiger charge is 2.45. The minimum Gasteiger partial charge on any atom is -0.460 e. The molecule has 2 aromatic rings. The number of halogens is 5. The van der Waals surface area contributed by atoms with Gasteiger partial charge in [0.05, 0.1) is 5.92 Å². The number of rotatable bonds is 12. The fourth-order valence-electron chi connectivity index (χ4n) is 8.39. The van der Waals surface area contributed by atoms with Crippen LogP contribution < -0.4 is 9.47 Å². The van der Waals surface area contributed by atoms with Crippen molar-refractivity contribution in [3.63, 3.8) is 0 Å². The molecule has 0 amide bonds. The Hall–Kier alpha value is -2.31. The van der Waals surface area contributed by atoms with Gasteiger partial charge in [-0.15, -0.1) is 0 Å². The maximum atomic E-state index is 15.4. The fourth-order valence-corrected chi connectivity index (χ4v) is 8.39. The van der Waals surface area contributed by atoms with Crippen molar-refractivity contribution in [2.45, 2.75) is 128 Å². The lowest BCUT2D eigenvalue weighted by molar-refractivity contribution is -0.224. The zero-order chi connectivity index (χ0) is 31.1. The molecule has 3 aliphatic rings. The van der Waals surface area contributed by atoms with Crippen LogP contribution >= 0.6 is 0 Å². The van der Waals surface area contributed by atoms with Gasteiger partial charge in [-0.2, -0.15) is 8.78 Å². The number of unbranched alkanes of at least 4 members (excludes halogenated alkanes) is 2. The maximum absolute atomic E-state index is 15.4. The van der Waals surface area contributed by atoms with E-state index in [0.29, 0.717) is 43.4 Å². The molecule has 0 unspecified atom stereocenters. The second-order valence-corrected chi connectivity index (χ2v) is 13.7. The zero-order valence-electron chi connectivity index (χ0n) is 26.2. The van der Waals surface area contributed by atoms with Crippen LogP contribution in [0, 0.1) is 35.3 Å². The molecular weight excluding hydrogens is 571 g/mol. The standard InChI is InChI=1S/C37H49F5O2/c1-2-3-4-5-25-6-8-28(9-7-25)30-16-20-33(34(39)22-30)29-12-10-26(11-13-29)27-14-17-31(18-15-27)37(41,42)44-32-19-21-36(43-24-38)35(40)23-32/h16,19-23,25-29,31H,2-15,17-18,24H2,1H3. The molecule has 0 radical (unpaired) electrons. The third kappa shape index (κ3) is 8.28. The maximum Gasteiger partial charge on any atom is 0.400 e. The minimum absolute atomic E-state index is 0.0526. The Labute approximate surface area is 260 Å². The lowest BCUT2D eigenvalue weighted by Gasteiger charge is -2.39. The molecule has 7 heteroatoms. The van der Waals surface area contributed by atoms with Gasteiger partial charge in [0.2, 0.25) is 6.86 Å². The predicted molar refractivity (Wildman–Crippen MR) is 164 cm³/mol. The molecule has 3 saturated carbocycles. The highest BCUT2D eigenvalue weighted by molar-refractivity contribution is 5.33. The Kier molecular flexibility index (Phi) is 11.5. The molecule has 44 heavy (non-hydrogen) atoms. The van der Waals surface area contributed by atoms with Crippen LogP contribution in [0.25, 0.3) is 0 Å². The molecule has 0 spiro atoms. The van der Waals surface area contributed by atoms with E-state index < -0.39 is 24.7 Å². The van der Waals surface area contributed by atoms with Crippen LogP contribution in [0.2, 0.25) is 0 Å². The normalized spacial score (nSPS) is 28.0. The summed E-state index contributed by atoms with van der Waals surface area (Å²) in [4.78, 5) is 0. The monoisotopic (exact) mass is 620 g/mol. The van der Waals surface area contributed by atoms with Crippen LogP contribution in [0.15, 0.2) is 36.4 Å². The van der Waals surface area contributed by atoms with E-state index >= 15 is 4.39 Å². The number of benzene rings is 2. The topological polar surface area (TPSA) is 18.5 Å². The third-order valence-electron chi connectivity index (χ3n) is 11.1. The zero-order valence-corrected chi connectivity index (χ0v) is 26.2. The van der Waals surface area contributed by atoms with Gasteiger partial charge in [-0.05, 0) is 136 Å². The number of hydrogen-bond donors (Lipinski definition) is 0. The molecule has 2 nitrogen and oxygen atoms in total. The Morgan fingerprint density at radius 3 is 2.00 bits per heavy atom. The molecule has 3 aliphatic carbocycles. The van der Waals surface area contributed by atoms with E-state index in [9.17, 15) is 17.6 Å². The van der Waals surface area contributed by atoms with Crippen LogP contribution in [-0.4, -0.2) is 13.0 Å². The summed E-state index contributed by atoms with van der Waals surface area (Å²) in [5.74, 6) is -0.159. The van der Waals surface area contributed by atoms with Crippen molar-refractivity contribution in [3.8, 4) is 11.5 Å². The quantitative estimate of drug-likeness (QED) is 0.174. The Balaban J connectivity index is 1.06. The van der Waals surface area contributed by atoms with Gasteiger partial charge in [-0.25, -0.2) is 13.2 Å². The molecule has 0 N–H and O–H groups in total. The minimum atomic E-state index is -3.42. The second-order valence-electron chi connectivity index (χ2n) is 13.7. The van der Waals surface area contributed by atoms with Crippen LogP contribution in [0.5, 0.6) is 11.5 Å². The summed E-state index contributed by atoms with van der Waals surface area (Å²) in [6.07, 6.45) is 12.7. The molecule has 0 atom stereocenters. The lowest BCUT2D eigenvalue weighted by Crippen LogP contribution is -2.38. The first kappa shape index (κ1) is 33.1. The first-order chi connectivity index (χ1) is 21.3. The largest absolute Gasteiger partial charge is 0.460 e. The molecule has 244 valence electrons. The molecular formula is C37H49F5O2. The molecule has 0 bridgehead atoms. The Bertz CT molecular complexity index is 1180.